The molecule has 3 heteroatoms. The fourth-order valence-electron chi connectivity index (χ4n) is 4.70. The van der Waals surface area contributed by atoms with Gasteiger partial charge in [-0.1, -0.05) is 24.3 Å². The zero-order chi connectivity index (χ0) is 16.6. The van der Waals surface area contributed by atoms with Gasteiger partial charge in [0.25, 0.3) is 0 Å². The van der Waals surface area contributed by atoms with Gasteiger partial charge in [-0.15, -0.1) is 0 Å². The molecule has 25 heavy (non-hydrogen) atoms. The topological polar surface area (TPSA) is 15.7 Å². The molecule has 1 saturated heterocycles. The molecule has 0 N–H and O–H groups in total. The predicted octanol–water partition coefficient (Wildman–Crippen LogP) is 3.16. The van der Waals surface area contributed by atoms with Crippen molar-refractivity contribution in [2.75, 3.05) is 44.2 Å². The first-order valence-corrected chi connectivity index (χ1v) is 9.65. The molecule has 2 aromatic carbocycles. The maximum atomic E-state index is 5.63. The highest BCUT2D eigenvalue weighted by molar-refractivity contribution is 5.54. The molecule has 0 saturated carbocycles. The standard InChI is InChI=1S/C22H26N2O/c1-2-4-19-14-17(13-18(19)3-1)16-23-8-10-24(11-9-23)21-5-6-22-20(15-21)7-12-25-22/h1-6,15,17H,7-14,16H2. The fraction of sp³-hybridized carbons (Fsp3) is 0.455. The Morgan fingerprint density at radius 3 is 2.40 bits per heavy atom. The molecule has 1 aliphatic carbocycles. The second-order valence-electron chi connectivity index (χ2n) is 7.72. The normalized spacial score (nSPS) is 20.4. The molecule has 2 aromatic rings. The van der Waals surface area contributed by atoms with Crippen LogP contribution in [-0.4, -0.2) is 44.2 Å². The van der Waals surface area contributed by atoms with Crippen LogP contribution >= 0.6 is 0 Å². The number of anilines is 1. The SMILES string of the molecule is c1ccc2c(c1)CC(CN1CCN(c3ccc4c(c3)CCO4)CC1)C2. The maximum absolute atomic E-state index is 5.63. The minimum atomic E-state index is 0.807. The van der Waals surface area contributed by atoms with Gasteiger partial charge in [0.15, 0.2) is 0 Å². The van der Waals surface area contributed by atoms with E-state index in [1.54, 1.807) is 11.1 Å². The van der Waals surface area contributed by atoms with Crippen LogP contribution in [0.1, 0.15) is 16.7 Å². The summed E-state index contributed by atoms with van der Waals surface area (Å²) in [7, 11) is 0. The fourth-order valence-corrected chi connectivity index (χ4v) is 4.70. The molecule has 5 rings (SSSR count). The molecule has 3 nitrogen and oxygen atoms in total. The number of rotatable bonds is 3. The van der Waals surface area contributed by atoms with Gasteiger partial charge in [-0.3, -0.25) is 4.90 Å². The number of hydrogen-bond donors (Lipinski definition) is 0. The van der Waals surface area contributed by atoms with Crippen molar-refractivity contribution in [1.82, 2.24) is 4.90 Å². The summed E-state index contributed by atoms with van der Waals surface area (Å²) in [5.41, 5.74) is 5.90. The Morgan fingerprint density at radius 2 is 1.64 bits per heavy atom. The summed E-state index contributed by atoms with van der Waals surface area (Å²) >= 11 is 0. The largest absolute Gasteiger partial charge is 0.493 e. The summed E-state index contributed by atoms with van der Waals surface area (Å²) in [5.74, 6) is 1.89. The van der Waals surface area contributed by atoms with Crippen molar-refractivity contribution < 1.29 is 4.74 Å². The van der Waals surface area contributed by atoms with E-state index in [-0.39, 0.29) is 0 Å². The number of fused-ring (bicyclic) bond motifs is 2. The van der Waals surface area contributed by atoms with E-state index in [2.05, 4.69) is 52.3 Å². The van der Waals surface area contributed by atoms with E-state index in [0.717, 1.165) is 37.8 Å². The van der Waals surface area contributed by atoms with E-state index in [4.69, 9.17) is 4.74 Å². The van der Waals surface area contributed by atoms with Crippen molar-refractivity contribution in [3.63, 3.8) is 0 Å². The van der Waals surface area contributed by atoms with Crippen molar-refractivity contribution in [3.8, 4) is 5.75 Å². The summed E-state index contributed by atoms with van der Waals surface area (Å²) in [6.07, 6.45) is 3.59. The third-order valence-corrected chi connectivity index (χ3v) is 6.06. The van der Waals surface area contributed by atoms with Crippen LogP contribution in [-0.2, 0) is 19.3 Å². The van der Waals surface area contributed by atoms with Crippen LogP contribution < -0.4 is 9.64 Å². The summed E-state index contributed by atoms with van der Waals surface area (Å²) in [6, 6.07) is 15.7. The van der Waals surface area contributed by atoms with Crippen LogP contribution in [0.5, 0.6) is 5.75 Å². The number of hydrogen-bond acceptors (Lipinski definition) is 3. The second-order valence-corrected chi connectivity index (χ2v) is 7.72. The highest BCUT2D eigenvalue weighted by atomic mass is 16.5. The van der Waals surface area contributed by atoms with Crippen molar-refractivity contribution >= 4 is 5.69 Å². The first-order valence-electron chi connectivity index (χ1n) is 9.65. The van der Waals surface area contributed by atoms with Crippen LogP contribution in [0.25, 0.3) is 0 Å². The van der Waals surface area contributed by atoms with Gasteiger partial charge >= 0.3 is 0 Å². The van der Waals surface area contributed by atoms with Crippen LogP contribution in [0.2, 0.25) is 0 Å². The summed E-state index contributed by atoms with van der Waals surface area (Å²) in [5, 5.41) is 0. The zero-order valence-electron chi connectivity index (χ0n) is 14.8. The molecule has 0 unspecified atom stereocenters. The highest BCUT2D eigenvalue weighted by Gasteiger charge is 2.25. The van der Waals surface area contributed by atoms with Crippen LogP contribution in [0.4, 0.5) is 5.69 Å². The van der Waals surface area contributed by atoms with E-state index < -0.39 is 0 Å². The van der Waals surface area contributed by atoms with Gasteiger partial charge in [-0.05, 0) is 53.6 Å². The van der Waals surface area contributed by atoms with Crippen LogP contribution in [0, 0.1) is 5.92 Å². The van der Waals surface area contributed by atoms with Crippen LogP contribution in [0.15, 0.2) is 42.5 Å². The molecule has 0 radical (unpaired) electrons. The molecule has 130 valence electrons. The predicted molar refractivity (Wildman–Crippen MR) is 102 cm³/mol. The minimum absolute atomic E-state index is 0.807. The van der Waals surface area contributed by atoms with Crippen molar-refractivity contribution in [1.29, 1.82) is 0 Å². The molecular formula is C22H26N2O. The highest BCUT2D eigenvalue weighted by Crippen LogP contribution is 2.31. The monoisotopic (exact) mass is 334 g/mol. The van der Waals surface area contributed by atoms with Crippen molar-refractivity contribution in [2.45, 2.75) is 19.3 Å². The van der Waals surface area contributed by atoms with E-state index in [1.807, 2.05) is 0 Å². The summed E-state index contributed by atoms with van der Waals surface area (Å²) in [6.45, 7) is 6.73. The molecule has 2 heterocycles. The summed E-state index contributed by atoms with van der Waals surface area (Å²) in [4.78, 5) is 5.21. The van der Waals surface area contributed by atoms with E-state index in [1.165, 1.54) is 43.7 Å². The van der Waals surface area contributed by atoms with Gasteiger partial charge in [0.1, 0.15) is 5.75 Å². The second kappa shape index (κ2) is 6.38. The quantitative estimate of drug-likeness (QED) is 0.857. The molecule has 0 amide bonds. The maximum Gasteiger partial charge on any atom is 0.122 e. The van der Waals surface area contributed by atoms with Gasteiger partial charge in [0.05, 0.1) is 6.61 Å². The molecule has 3 aliphatic rings. The Kier molecular flexibility index (Phi) is 3.90. The lowest BCUT2D eigenvalue weighted by atomic mass is 10.1. The lowest BCUT2D eigenvalue weighted by molar-refractivity contribution is 0.221. The lowest BCUT2D eigenvalue weighted by Gasteiger charge is -2.37. The Balaban J connectivity index is 1.17. The minimum Gasteiger partial charge on any atom is -0.493 e. The first kappa shape index (κ1) is 15.3. The lowest BCUT2D eigenvalue weighted by Crippen LogP contribution is -2.48. The molecular weight excluding hydrogens is 308 g/mol. The van der Waals surface area contributed by atoms with Gasteiger partial charge in [-0.2, -0.15) is 0 Å². The van der Waals surface area contributed by atoms with Crippen molar-refractivity contribution in [2.24, 2.45) is 5.92 Å². The smallest absolute Gasteiger partial charge is 0.122 e. The molecule has 0 aromatic heterocycles. The first-order chi connectivity index (χ1) is 12.3. The van der Waals surface area contributed by atoms with Crippen LogP contribution in [0.3, 0.4) is 0 Å². The van der Waals surface area contributed by atoms with Gasteiger partial charge < -0.3 is 9.64 Å². The van der Waals surface area contributed by atoms with E-state index in [9.17, 15) is 0 Å². The Bertz CT molecular complexity index is 739. The molecule has 1 fully saturated rings. The van der Waals surface area contributed by atoms with Gasteiger partial charge in [0, 0.05) is 44.8 Å². The van der Waals surface area contributed by atoms with E-state index >= 15 is 0 Å². The zero-order valence-corrected chi connectivity index (χ0v) is 14.8. The molecule has 0 spiro atoms. The molecule has 2 aliphatic heterocycles. The van der Waals surface area contributed by atoms with Gasteiger partial charge in [0.2, 0.25) is 0 Å². The summed E-state index contributed by atoms with van der Waals surface area (Å²) < 4.78 is 5.63. The Hall–Kier alpha value is -2.00. The average Bonchev–Trinajstić information content (AvgIpc) is 3.27. The average molecular weight is 334 g/mol. The van der Waals surface area contributed by atoms with Gasteiger partial charge in [-0.25, -0.2) is 0 Å². The van der Waals surface area contributed by atoms with Crippen molar-refractivity contribution in [3.05, 3.63) is 59.2 Å². The number of nitrogens with zero attached hydrogens (tertiary/aromatic N) is 2. The Labute approximate surface area is 150 Å². The van der Waals surface area contributed by atoms with E-state index in [0.29, 0.717) is 0 Å². The molecule has 0 bridgehead atoms. The number of benzene rings is 2. The number of ether oxygens (including phenoxy) is 1. The third kappa shape index (κ3) is 3.02. The third-order valence-electron chi connectivity index (χ3n) is 6.06. The molecule has 0 atom stereocenters. The number of piperazine rings is 1. The Morgan fingerprint density at radius 1 is 0.880 bits per heavy atom.